The fourth-order valence-corrected chi connectivity index (χ4v) is 4.12. The van der Waals surface area contributed by atoms with E-state index in [2.05, 4.69) is 10.1 Å². The molecule has 1 fully saturated rings. The van der Waals surface area contributed by atoms with Gasteiger partial charge < -0.3 is 9.64 Å². The number of aromatic nitrogens is 3. The second kappa shape index (κ2) is 9.24. The van der Waals surface area contributed by atoms with Crippen LogP contribution in [0.3, 0.4) is 0 Å². The van der Waals surface area contributed by atoms with Crippen molar-refractivity contribution in [2.45, 2.75) is 26.2 Å². The molecule has 0 N–H and O–H groups in total. The number of hydrogen-bond acceptors (Lipinski definition) is 5. The van der Waals surface area contributed by atoms with Gasteiger partial charge in [-0.2, -0.15) is 5.10 Å². The molecule has 1 aliphatic rings. The Balaban J connectivity index is 1.48. The molecule has 0 saturated carbocycles. The quantitative estimate of drug-likeness (QED) is 0.413. The van der Waals surface area contributed by atoms with Gasteiger partial charge in [0.1, 0.15) is 5.15 Å². The van der Waals surface area contributed by atoms with E-state index in [-0.39, 0.29) is 17.8 Å². The van der Waals surface area contributed by atoms with Gasteiger partial charge in [-0.1, -0.05) is 35.3 Å². The van der Waals surface area contributed by atoms with Gasteiger partial charge in [0, 0.05) is 42.2 Å². The summed E-state index contributed by atoms with van der Waals surface area (Å²) in [7, 11) is 0. The Morgan fingerprint density at radius 2 is 1.84 bits per heavy atom. The third-order valence-electron chi connectivity index (χ3n) is 5.41. The highest BCUT2D eigenvalue weighted by atomic mass is 35.5. The maximum Gasteiger partial charge on any atom is 0.306 e. The molecule has 162 valence electrons. The predicted octanol–water partition coefficient (Wildman–Crippen LogP) is 4.51. The zero-order valence-electron chi connectivity index (χ0n) is 17.1. The summed E-state index contributed by atoms with van der Waals surface area (Å²) in [6.07, 6.45) is 1.92. The summed E-state index contributed by atoms with van der Waals surface area (Å²) < 4.78 is 6.48. The number of rotatable bonds is 5. The number of nitrogens with zero attached hydrogens (tertiary/aromatic N) is 4. The summed E-state index contributed by atoms with van der Waals surface area (Å²) in [5, 5.41) is 5.37. The van der Waals surface area contributed by atoms with Crippen LogP contribution in [0.5, 0.6) is 0 Å². The van der Waals surface area contributed by atoms with E-state index in [0.717, 1.165) is 18.4 Å². The minimum Gasteiger partial charge on any atom is -0.466 e. The molecule has 7 nitrogen and oxygen atoms in total. The normalized spacial score (nSPS) is 14.7. The lowest BCUT2D eigenvalue weighted by molar-refractivity contribution is -0.144. The largest absolute Gasteiger partial charge is 0.466 e. The fraction of sp³-hybridized carbons (Fsp3) is 0.364. The zero-order valence-corrected chi connectivity index (χ0v) is 18.6. The molecule has 1 saturated heterocycles. The lowest BCUT2D eigenvalue weighted by atomic mass is 9.93. The van der Waals surface area contributed by atoms with Crippen LogP contribution >= 0.6 is 23.2 Å². The number of carbonyl (C=O) groups is 2. The van der Waals surface area contributed by atoms with Crippen LogP contribution in [0.15, 0.2) is 36.4 Å². The molecule has 1 aliphatic heterocycles. The van der Waals surface area contributed by atoms with Gasteiger partial charge in [0.2, 0.25) is 0 Å². The number of fused-ring (bicyclic) bond motifs is 1. The number of benzene rings is 1. The highest BCUT2D eigenvalue weighted by molar-refractivity contribution is 6.30. The van der Waals surface area contributed by atoms with Crippen LogP contribution in [0.4, 0.5) is 0 Å². The van der Waals surface area contributed by atoms with Crippen LogP contribution in [0.25, 0.3) is 16.9 Å². The first-order valence-corrected chi connectivity index (χ1v) is 11.0. The van der Waals surface area contributed by atoms with Gasteiger partial charge in [0.05, 0.1) is 12.3 Å². The van der Waals surface area contributed by atoms with E-state index in [0.29, 0.717) is 53.3 Å². The Morgan fingerprint density at radius 3 is 2.52 bits per heavy atom. The van der Waals surface area contributed by atoms with Gasteiger partial charge in [-0.15, -0.1) is 0 Å². The Hall–Kier alpha value is -2.64. The number of hydrogen-bond donors (Lipinski definition) is 0. The molecule has 0 atom stereocenters. The number of carbonyl (C=O) groups excluding carboxylic acids is 2. The molecule has 4 rings (SSSR count). The summed E-state index contributed by atoms with van der Waals surface area (Å²) in [4.78, 5) is 31.0. The van der Waals surface area contributed by atoms with Crippen LogP contribution in [-0.2, 0) is 9.53 Å². The van der Waals surface area contributed by atoms with E-state index in [9.17, 15) is 9.59 Å². The van der Waals surface area contributed by atoms with Crippen molar-refractivity contribution in [3.63, 3.8) is 0 Å². The van der Waals surface area contributed by atoms with Crippen molar-refractivity contribution in [3.05, 3.63) is 52.3 Å². The van der Waals surface area contributed by atoms with Gasteiger partial charge in [-0.3, -0.25) is 9.59 Å². The summed E-state index contributed by atoms with van der Waals surface area (Å²) in [6.45, 7) is 3.34. The standard InChI is InChI=1S/C22H22Cl2N4O3/c1-2-31-21(29)11-14-7-9-27(10-8-14)22(30)18-13-20-25-17(12-19(24)28(20)26-18)15-3-5-16(23)6-4-15/h3-6,12-14H,2,7-11H2,1H3. The van der Waals surface area contributed by atoms with Crippen LogP contribution in [-0.4, -0.2) is 51.1 Å². The second-order valence-corrected chi connectivity index (χ2v) is 8.34. The zero-order chi connectivity index (χ0) is 22.0. The molecule has 31 heavy (non-hydrogen) atoms. The van der Waals surface area contributed by atoms with Crippen LogP contribution < -0.4 is 0 Å². The van der Waals surface area contributed by atoms with Crippen molar-refractivity contribution >= 4 is 40.7 Å². The molecular weight excluding hydrogens is 439 g/mol. The lowest BCUT2D eigenvalue weighted by Gasteiger charge is -2.31. The molecule has 3 heterocycles. The predicted molar refractivity (Wildman–Crippen MR) is 118 cm³/mol. The molecule has 0 bridgehead atoms. The molecule has 0 spiro atoms. The van der Waals surface area contributed by atoms with E-state index in [1.165, 1.54) is 4.52 Å². The van der Waals surface area contributed by atoms with E-state index < -0.39 is 0 Å². The summed E-state index contributed by atoms with van der Waals surface area (Å²) >= 11 is 12.4. The SMILES string of the molecule is CCOC(=O)CC1CCN(C(=O)c2cc3nc(-c4ccc(Cl)cc4)cc(Cl)n3n2)CC1. The molecule has 1 amide bonds. The maximum absolute atomic E-state index is 13.0. The third kappa shape index (κ3) is 4.83. The summed E-state index contributed by atoms with van der Waals surface area (Å²) in [5.41, 5.74) is 2.34. The molecular formula is C22H22Cl2N4O3. The lowest BCUT2D eigenvalue weighted by Crippen LogP contribution is -2.39. The number of halogens is 2. The van der Waals surface area contributed by atoms with E-state index in [1.807, 2.05) is 12.1 Å². The van der Waals surface area contributed by atoms with E-state index in [4.69, 9.17) is 27.9 Å². The Morgan fingerprint density at radius 1 is 1.13 bits per heavy atom. The van der Waals surface area contributed by atoms with Crippen molar-refractivity contribution < 1.29 is 14.3 Å². The van der Waals surface area contributed by atoms with Crippen molar-refractivity contribution in [2.75, 3.05) is 19.7 Å². The highest BCUT2D eigenvalue weighted by Crippen LogP contribution is 2.26. The number of likely N-dealkylation sites (tertiary alicyclic amines) is 1. The number of ether oxygens (including phenoxy) is 1. The summed E-state index contributed by atoms with van der Waals surface area (Å²) in [6, 6.07) is 10.7. The first-order valence-electron chi connectivity index (χ1n) is 10.2. The van der Waals surface area contributed by atoms with Crippen molar-refractivity contribution in [1.29, 1.82) is 0 Å². The topological polar surface area (TPSA) is 76.8 Å². The molecule has 0 unspecified atom stereocenters. The third-order valence-corrected chi connectivity index (χ3v) is 5.93. The highest BCUT2D eigenvalue weighted by Gasteiger charge is 2.27. The van der Waals surface area contributed by atoms with Gasteiger partial charge in [0.15, 0.2) is 11.3 Å². The van der Waals surface area contributed by atoms with Gasteiger partial charge in [0.25, 0.3) is 5.91 Å². The molecule has 0 aliphatic carbocycles. The van der Waals surface area contributed by atoms with Crippen molar-refractivity contribution in [2.24, 2.45) is 5.92 Å². The minimum absolute atomic E-state index is 0.163. The maximum atomic E-state index is 13.0. The van der Waals surface area contributed by atoms with Crippen LogP contribution in [0, 0.1) is 5.92 Å². The van der Waals surface area contributed by atoms with Crippen LogP contribution in [0.2, 0.25) is 10.2 Å². The van der Waals surface area contributed by atoms with Gasteiger partial charge in [-0.05, 0) is 37.8 Å². The Kier molecular flexibility index (Phi) is 6.43. The van der Waals surface area contributed by atoms with Crippen LogP contribution in [0.1, 0.15) is 36.7 Å². The molecule has 3 aromatic rings. The summed E-state index contributed by atoms with van der Waals surface area (Å²) in [5.74, 6) is -0.101. The molecule has 2 aromatic heterocycles. The number of piperidine rings is 1. The second-order valence-electron chi connectivity index (χ2n) is 7.52. The molecule has 0 radical (unpaired) electrons. The smallest absolute Gasteiger partial charge is 0.306 e. The Labute approximate surface area is 189 Å². The first-order chi connectivity index (χ1) is 14.9. The monoisotopic (exact) mass is 460 g/mol. The fourth-order valence-electron chi connectivity index (χ4n) is 3.77. The molecule has 1 aromatic carbocycles. The average molecular weight is 461 g/mol. The van der Waals surface area contributed by atoms with Crippen molar-refractivity contribution in [3.8, 4) is 11.3 Å². The number of amides is 1. The van der Waals surface area contributed by atoms with Crippen molar-refractivity contribution in [1.82, 2.24) is 19.5 Å². The average Bonchev–Trinajstić information content (AvgIpc) is 3.19. The van der Waals surface area contributed by atoms with E-state index in [1.54, 1.807) is 36.1 Å². The minimum atomic E-state index is -0.176. The van der Waals surface area contributed by atoms with Gasteiger partial charge in [-0.25, -0.2) is 9.50 Å². The number of esters is 1. The van der Waals surface area contributed by atoms with E-state index >= 15 is 0 Å². The Bertz CT molecular complexity index is 1110. The molecule has 9 heteroatoms. The first kappa shape index (κ1) is 21.6. The van der Waals surface area contributed by atoms with Gasteiger partial charge >= 0.3 is 5.97 Å².